The Hall–Kier alpha value is -0.610. The van der Waals surface area contributed by atoms with Crippen molar-refractivity contribution < 1.29 is 9.84 Å². The molecule has 0 aromatic heterocycles. The highest BCUT2D eigenvalue weighted by Crippen LogP contribution is 2.22. The fraction of sp³-hybridized carbons (Fsp3) is 0.455. The summed E-state index contributed by atoms with van der Waals surface area (Å²) >= 11 is 6.00. The molecule has 0 saturated carbocycles. The maximum absolute atomic E-state index is 8.66. The van der Waals surface area contributed by atoms with E-state index in [0.29, 0.717) is 11.6 Å². The quantitative estimate of drug-likeness (QED) is 0.808. The monoisotopic (exact) mass is 229 g/mol. The molecule has 1 aromatic rings. The molecule has 0 aliphatic rings. The molecule has 1 unspecified atom stereocenters. The molecule has 0 saturated heterocycles. The van der Waals surface area contributed by atoms with Crippen LogP contribution >= 0.6 is 11.6 Å². The smallest absolute Gasteiger partial charge is 0.0948 e. The van der Waals surface area contributed by atoms with Crippen LogP contribution in [0.2, 0.25) is 5.02 Å². The number of benzene rings is 1. The second kappa shape index (κ2) is 6.08. The van der Waals surface area contributed by atoms with E-state index in [2.05, 4.69) is 0 Å². The molecule has 1 atom stereocenters. The van der Waals surface area contributed by atoms with Crippen molar-refractivity contribution in [2.24, 2.45) is 5.73 Å². The number of aliphatic hydroxyl groups is 1. The Bertz CT molecular complexity index is 317. The Balaban J connectivity index is 2.78. The Kier molecular flexibility index (Phi) is 5.05. The Morgan fingerprint density at radius 3 is 2.80 bits per heavy atom. The van der Waals surface area contributed by atoms with Gasteiger partial charge >= 0.3 is 0 Å². The first kappa shape index (κ1) is 12.5. The molecule has 3 nitrogen and oxygen atoms in total. The molecule has 0 spiro atoms. The number of aryl methyl sites for hydroxylation is 1. The van der Waals surface area contributed by atoms with Crippen molar-refractivity contribution >= 4 is 11.6 Å². The van der Waals surface area contributed by atoms with E-state index in [9.17, 15) is 0 Å². The summed E-state index contributed by atoms with van der Waals surface area (Å²) in [6.07, 6.45) is -0.199. The van der Waals surface area contributed by atoms with Gasteiger partial charge in [0.15, 0.2) is 0 Å². The Morgan fingerprint density at radius 2 is 2.27 bits per heavy atom. The van der Waals surface area contributed by atoms with E-state index in [1.165, 1.54) is 0 Å². The molecule has 0 amide bonds. The lowest BCUT2D eigenvalue weighted by molar-refractivity contribution is 0.0329. The predicted octanol–water partition coefficient (Wildman–Crippen LogP) is 1.66. The van der Waals surface area contributed by atoms with Crippen LogP contribution in [0.4, 0.5) is 0 Å². The van der Waals surface area contributed by atoms with E-state index in [1.54, 1.807) is 0 Å². The molecule has 0 aliphatic carbocycles. The van der Waals surface area contributed by atoms with Gasteiger partial charge < -0.3 is 15.6 Å². The van der Waals surface area contributed by atoms with E-state index < -0.39 is 0 Å². The Labute approximate surface area is 94.8 Å². The minimum atomic E-state index is -0.199. The van der Waals surface area contributed by atoms with Crippen molar-refractivity contribution in [1.29, 1.82) is 0 Å². The van der Waals surface area contributed by atoms with Crippen LogP contribution in [0.5, 0.6) is 0 Å². The van der Waals surface area contributed by atoms with Gasteiger partial charge in [-0.1, -0.05) is 23.7 Å². The van der Waals surface area contributed by atoms with Crippen LogP contribution in [0.3, 0.4) is 0 Å². The van der Waals surface area contributed by atoms with E-state index in [0.717, 1.165) is 11.1 Å². The fourth-order valence-electron chi connectivity index (χ4n) is 1.30. The molecule has 15 heavy (non-hydrogen) atoms. The van der Waals surface area contributed by atoms with Crippen LogP contribution < -0.4 is 5.73 Å². The van der Waals surface area contributed by atoms with Gasteiger partial charge in [0.05, 0.1) is 19.3 Å². The maximum atomic E-state index is 8.66. The minimum Gasteiger partial charge on any atom is -0.394 e. The number of ether oxygens (including phenoxy) is 1. The van der Waals surface area contributed by atoms with Crippen molar-refractivity contribution in [3.05, 3.63) is 34.3 Å². The second-order valence-corrected chi connectivity index (χ2v) is 3.73. The van der Waals surface area contributed by atoms with Crippen LogP contribution in [-0.2, 0) is 4.74 Å². The number of aliphatic hydroxyl groups excluding tert-OH is 1. The van der Waals surface area contributed by atoms with Crippen molar-refractivity contribution in [2.75, 3.05) is 19.8 Å². The minimum absolute atomic E-state index is 0.00388. The summed E-state index contributed by atoms with van der Waals surface area (Å²) in [5, 5.41) is 9.37. The molecule has 0 radical (unpaired) electrons. The average Bonchev–Trinajstić information content (AvgIpc) is 2.24. The van der Waals surface area contributed by atoms with Crippen molar-refractivity contribution in [3.8, 4) is 0 Å². The van der Waals surface area contributed by atoms with Crippen LogP contribution in [0, 0.1) is 6.92 Å². The summed E-state index contributed by atoms with van der Waals surface area (Å²) in [5.74, 6) is 0. The molecule has 1 rings (SSSR count). The number of hydrogen-bond acceptors (Lipinski definition) is 3. The lowest BCUT2D eigenvalue weighted by Crippen LogP contribution is -2.17. The van der Waals surface area contributed by atoms with Crippen LogP contribution in [0.25, 0.3) is 0 Å². The van der Waals surface area contributed by atoms with Crippen molar-refractivity contribution in [2.45, 2.75) is 13.0 Å². The van der Waals surface area contributed by atoms with Gasteiger partial charge in [0, 0.05) is 11.6 Å². The first-order valence-electron chi connectivity index (χ1n) is 4.87. The van der Waals surface area contributed by atoms with E-state index in [4.69, 9.17) is 27.2 Å². The summed E-state index contributed by atoms with van der Waals surface area (Å²) in [4.78, 5) is 0. The number of rotatable bonds is 5. The highest BCUT2D eigenvalue weighted by atomic mass is 35.5. The molecule has 3 N–H and O–H groups in total. The van der Waals surface area contributed by atoms with Crippen molar-refractivity contribution in [1.82, 2.24) is 0 Å². The van der Waals surface area contributed by atoms with E-state index in [1.807, 2.05) is 25.1 Å². The molecule has 0 fully saturated rings. The fourth-order valence-corrected chi connectivity index (χ4v) is 1.49. The topological polar surface area (TPSA) is 55.5 Å². The zero-order valence-corrected chi connectivity index (χ0v) is 9.50. The lowest BCUT2D eigenvalue weighted by atomic mass is 10.1. The number of nitrogens with two attached hydrogens (primary N) is 1. The molecule has 0 bridgehead atoms. The SMILES string of the molecule is Cc1ccc(C(CN)OCCO)cc1Cl. The molecule has 0 heterocycles. The zero-order valence-electron chi connectivity index (χ0n) is 8.74. The van der Waals surface area contributed by atoms with Gasteiger partial charge in [-0.2, -0.15) is 0 Å². The molecule has 1 aromatic carbocycles. The first-order chi connectivity index (χ1) is 7.19. The summed E-state index contributed by atoms with van der Waals surface area (Å²) in [7, 11) is 0. The van der Waals surface area contributed by atoms with Gasteiger partial charge in [0.1, 0.15) is 0 Å². The lowest BCUT2D eigenvalue weighted by Gasteiger charge is -2.16. The molecule has 4 heteroatoms. The standard InChI is InChI=1S/C11H16ClNO2/c1-8-2-3-9(6-10(8)12)11(7-13)15-5-4-14/h2-3,6,11,14H,4-5,7,13H2,1H3. The highest BCUT2D eigenvalue weighted by molar-refractivity contribution is 6.31. The summed E-state index contributed by atoms with van der Waals surface area (Å²) in [6, 6.07) is 5.73. The van der Waals surface area contributed by atoms with Crippen LogP contribution in [0.15, 0.2) is 18.2 Å². The number of halogens is 1. The van der Waals surface area contributed by atoms with Crippen LogP contribution in [0.1, 0.15) is 17.2 Å². The summed E-state index contributed by atoms with van der Waals surface area (Å²) < 4.78 is 5.39. The average molecular weight is 230 g/mol. The van der Waals surface area contributed by atoms with Gasteiger partial charge in [-0.05, 0) is 24.1 Å². The molecule has 84 valence electrons. The first-order valence-corrected chi connectivity index (χ1v) is 5.25. The summed E-state index contributed by atoms with van der Waals surface area (Å²) in [5.41, 5.74) is 7.56. The Morgan fingerprint density at radius 1 is 1.53 bits per heavy atom. The zero-order chi connectivity index (χ0) is 11.3. The van der Waals surface area contributed by atoms with E-state index >= 15 is 0 Å². The van der Waals surface area contributed by atoms with Gasteiger partial charge in [0.25, 0.3) is 0 Å². The second-order valence-electron chi connectivity index (χ2n) is 3.33. The largest absolute Gasteiger partial charge is 0.394 e. The predicted molar refractivity (Wildman–Crippen MR) is 61.0 cm³/mol. The van der Waals surface area contributed by atoms with Gasteiger partial charge in [-0.15, -0.1) is 0 Å². The normalized spacial score (nSPS) is 12.8. The third kappa shape index (κ3) is 3.47. The molecular formula is C11H16ClNO2. The number of hydrogen-bond donors (Lipinski definition) is 2. The van der Waals surface area contributed by atoms with Gasteiger partial charge in [-0.3, -0.25) is 0 Å². The molecular weight excluding hydrogens is 214 g/mol. The van der Waals surface area contributed by atoms with Crippen molar-refractivity contribution in [3.63, 3.8) is 0 Å². The third-order valence-corrected chi connectivity index (χ3v) is 2.60. The highest BCUT2D eigenvalue weighted by Gasteiger charge is 2.10. The molecule has 0 aliphatic heterocycles. The summed E-state index contributed by atoms with van der Waals surface area (Å²) in [6.45, 7) is 2.60. The maximum Gasteiger partial charge on any atom is 0.0948 e. The van der Waals surface area contributed by atoms with Gasteiger partial charge in [0.2, 0.25) is 0 Å². The van der Waals surface area contributed by atoms with Gasteiger partial charge in [-0.25, -0.2) is 0 Å². The van der Waals surface area contributed by atoms with E-state index in [-0.39, 0.29) is 19.3 Å². The third-order valence-electron chi connectivity index (χ3n) is 2.19. The van der Waals surface area contributed by atoms with Crippen LogP contribution in [-0.4, -0.2) is 24.9 Å².